The summed E-state index contributed by atoms with van der Waals surface area (Å²) in [6, 6.07) is 7.96. The zero-order valence-corrected chi connectivity index (χ0v) is 12.4. The minimum Gasteiger partial charge on any atom is -0.326 e. The minimum absolute atomic E-state index is 0.0276. The van der Waals surface area contributed by atoms with E-state index >= 15 is 0 Å². The third-order valence-corrected chi connectivity index (χ3v) is 3.58. The Morgan fingerprint density at radius 3 is 2.73 bits per heavy atom. The maximum absolute atomic E-state index is 12.1. The third-order valence-electron chi connectivity index (χ3n) is 2.68. The van der Waals surface area contributed by atoms with E-state index in [-0.39, 0.29) is 16.7 Å². The molecule has 0 radical (unpaired) electrons. The van der Waals surface area contributed by atoms with Crippen LogP contribution in [0.15, 0.2) is 41.8 Å². The number of carbonyl (C=O) groups excluding carboxylic acids is 2. The van der Waals surface area contributed by atoms with Crippen LogP contribution < -0.4 is 5.32 Å². The Balaban J connectivity index is 2.12. The molecule has 0 unspecified atom stereocenters. The number of hydrogen-bond acceptors (Lipinski definition) is 5. The fourth-order valence-electron chi connectivity index (χ4n) is 1.74. The number of nitro groups is 1. The lowest BCUT2D eigenvalue weighted by Crippen LogP contribution is -2.06. The second-order valence-electron chi connectivity index (χ2n) is 4.43. The van der Waals surface area contributed by atoms with Gasteiger partial charge in [-0.25, -0.2) is 0 Å². The van der Waals surface area contributed by atoms with Gasteiger partial charge in [0.2, 0.25) is 5.91 Å². The molecule has 1 aromatic heterocycles. The Bertz CT molecular complexity index is 764. The highest BCUT2D eigenvalue weighted by Gasteiger charge is 2.08. The van der Waals surface area contributed by atoms with Crippen molar-refractivity contribution in [1.82, 2.24) is 0 Å². The topological polar surface area (TPSA) is 89.3 Å². The first kappa shape index (κ1) is 15.6. The Labute approximate surface area is 130 Å². The number of anilines is 1. The number of carbonyl (C=O) groups is 2. The molecule has 0 spiro atoms. The highest BCUT2D eigenvalue weighted by Crippen LogP contribution is 2.23. The van der Waals surface area contributed by atoms with Crippen LogP contribution in [0.3, 0.4) is 0 Å². The molecule has 1 aromatic carbocycles. The summed E-state index contributed by atoms with van der Waals surface area (Å²) in [4.78, 5) is 33.2. The molecule has 22 heavy (non-hydrogen) atoms. The number of rotatable bonds is 5. The van der Waals surface area contributed by atoms with Gasteiger partial charge in [0.05, 0.1) is 4.92 Å². The van der Waals surface area contributed by atoms with Crippen molar-refractivity contribution in [3.05, 3.63) is 63.0 Å². The summed E-state index contributed by atoms with van der Waals surface area (Å²) in [5, 5.41) is 14.8. The number of allylic oxidation sites excluding steroid dienone is 1. The second kappa shape index (κ2) is 6.77. The summed E-state index contributed by atoms with van der Waals surface area (Å²) in [6.45, 7) is 1.39. The predicted molar refractivity (Wildman–Crippen MR) is 85.1 cm³/mol. The summed E-state index contributed by atoms with van der Waals surface area (Å²) in [7, 11) is 0. The number of benzene rings is 1. The molecule has 1 heterocycles. The lowest BCUT2D eigenvalue weighted by Gasteiger charge is -2.03. The molecule has 6 nitrogen and oxygen atoms in total. The van der Waals surface area contributed by atoms with Gasteiger partial charge < -0.3 is 5.32 Å². The van der Waals surface area contributed by atoms with E-state index in [0.717, 1.165) is 11.3 Å². The maximum atomic E-state index is 12.1. The molecular weight excluding hydrogens is 304 g/mol. The number of hydrogen-bond donors (Lipinski definition) is 1. The van der Waals surface area contributed by atoms with Gasteiger partial charge in [0.1, 0.15) is 0 Å². The summed E-state index contributed by atoms with van der Waals surface area (Å²) < 4.78 is 0. The zero-order valence-electron chi connectivity index (χ0n) is 11.6. The molecule has 0 saturated carbocycles. The van der Waals surface area contributed by atoms with E-state index in [2.05, 4.69) is 5.32 Å². The van der Waals surface area contributed by atoms with Crippen molar-refractivity contribution in [3.8, 4) is 0 Å². The maximum Gasteiger partial charge on any atom is 0.324 e. The Kier molecular flexibility index (Phi) is 4.80. The van der Waals surface area contributed by atoms with Crippen molar-refractivity contribution in [1.29, 1.82) is 0 Å². The van der Waals surface area contributed by atoms with Crippen molar-refractivity contribution in [2.45, 2.75) is 6.92 Å². The predicted octanol–water partition coefficient (Wildman–Crippen LogP) is 3.51. The fraction of sp³-hybridized carbons (Fsp3) is 0.0667. The van der Waals surface area contributed by atoms with Crippen molar-refractivity contribution >= 4 is 39.8 Å². The summed E-state index contributed by atoms with van der Waals surface area (Å²) in [5.41, 5.74) is 1.56. The minimum atomic E-state index is -0.471. The number of amides is 1. The molecule has 112 valence electrons. The molecule has 2 aromatic rings. The van der Waals surface area contributed by atoms with Gasteiger partial charge in [0.15, 0.2) is 5.78 Å². The smallest absolute Gasteiger partial charge is 0.324 e. The molecule has 0 atom stereocenters. The molecule has 7 heteroatoms. The van der Waals surface area contributed by atoms with Crippen molar-refractivity contribution in [2.24, 2.45) is 0 Å². The van der Waals surface area contributed by atoms with Crippen LogP contribution in [0, 0.1) is 10.1 Å². The number of ketones is 1. The van der Waals surface area contributed by atoms with Crippen LogP contribution in [0.2, 0.25) is 0 Å². The van der Waals surface area contributed by atoms with Crippen molar-refractivity contribution in [3.63, 3.8) is 0 Å². The van der Waals surface area contributed by atoms with E-state index in [1.807, 2.05) is 0 Å². The van der Waals surface area contributed by atoms with Gasteiger partial charge >= 0.3 is 5.00 Å². The van der Waals surface area contributed by atoms with E-state index in [9.17, 15) is 19.7 Å². The van der Waals surface area contributed by atoms with E-state index < -0.39 is 4.92 Å². The number of nitrogens with one attached hydrogen (secondary N) is 1. The Hall–Kier alpha value is -2.80. The largest absolute Gasteiger partial charge is 0.326 e. The highest BCUT2D eigenvalue weighted by molar-refractivity contribution is 7.13. The molecule has 0 aliphatic heterocycles. The van der Waals surface area contributed by atoms with Crippen LogP contribution >= 0.6 is 11.3 Å². The molecule has 2 rings (SSSR count). The second-order valence-corrected chi connectivity index (χ2v) is 5.32. The van der Waals surface area contributed by atoms with Gasteiger partial charge in [-0.2, -0.15) is 0 Å². The normalized spacial score (nSPS) is 10.6. The van der Waals surface area contributed by atoms with Gasteiger partial charge in [0.25, 0.3) is 0 Å². The molecule has 0 bridgehead atoms. The van der Waals surface area contributed by atoms with Crippen LogP contribution in [0.1, 0.15) is 22.8 Å². The standard InChI is InChI=1S/C15H12N2O4S/c1-10(18)16-13-4-2-3-12(8-13)14(19)6-5-11-7-15(17(20)21)22-9-11/h2-9H,1H3,(H,16,18)/b6-5-. The summed E-state index contributed by atoms with van der Waals surface area (Å²) >= 11 is 1.01. The van der Waals surface area contributed by atoms with Crippen molar-refractivity contribution in [2.75, 3.05) is 5.32 Å². The van der Waals surface area contributed by atoms with Crippen LogP contribution in [-0.4, -0.2) is 16.6 Å². The van der Waals surface area contributed by atoms with E-state index in [4.69, 9.17) is 0 Å². The first-order chi connectivity index (χ1) is 10.5. The molecule has 0 fully saturated rings. The molecule has 0 saturated heterocycles. The van der Waals surface area contributed by atoms with E-state index in [1.165, 1.54) is 25.1 Å². The third kappa shape index (κ3) is 4.10. The average molecular weight is 316 g/mol. The summed E-state index contributed by atoms with van der Waals surface area (Å²) in [6.07, 6.45) is 2.87. The first-order valence-corrected chi connectivity index (χ1v) is 7.16. The average Bonchev–Trinajstić information content (AvgIpc) is 2.93. The molecular formula is C15H12N2O4S. The Morgan fingerprint density at radius 2 is 2.09 bits per heavy atom. The quantitative estimate of drug-likeness (QED) is 0.395. The SMILES string of the molecule is CC(=O)Nc1cccc(C(=O)/C=C\c2csc([N+](=O)[O-])c2)c1. The van der Waals surface area contributed by atoms with Crippen molar-refractivity contribution < 1.29 is 14.5 Å². The summed E-state index contributed by atoms with van der Waals surface area (Å²) in [5.74, 6) is -0.466. The number of nitrogens with zero attached hydrogens (tertiary/aromatic N) is 1. The monoisotopic (exact) mass is 316 g/mol. The molecule has 0 aliphatic carbocycles. The lowest BCUT2D eigenvalue weighted by atomic mass is 10.1. The van der Waals surface area contributed by atoms with Gasteiger partial charge in [-0.1, -0.05) is 23.5 Å². The van der Waals surface area contributed by atoms with Crippen LogP contribution in [0.5, 0.6) is 0 Å². The van der Waals surface area contributed by atoms with E-state index in [0.29, 0.717) is 16.8 Å². The van der Waals surface area contributed by atoms with Crippen LogP contribution in [0.25, 0.3) is 6.08 Å². The van der Waals surface area contributed by atoms with Gasteiger partial charge in [-0.05, 0) is 29.8 Å². The molecule has 1 N–H and O–H groups in total. The fourth-order valence-corrected chi connectivity index (χ4v) is 2.44. The highest BCUT2D eigenvalue weighted by atomic mass is 32.1. The zero-order chi connectivity index (χ0) is 16.1. The number of thiophene rings is 1. The molecule has 1 amide bonds. The van der Waals surface area contributed by atoms with Gasteiger partial charge in [0, 0.05) is 29.6 Å². The van der Waals surface area contributed by atoms with Crippen LogP contribution in [-0.2, 0) is 4.79 Å². The lowest BCUT2D eigenvalue weighted by molar-refractivity contribution is -0.380. The van der Waals surface area contributed by atoms with Gasteiger partial charge in [-0.3, -0.25) is 19.7 Å². The Morgan fingerprint density at radius 1 is 1.32 bits per heavy atom. The van der Waals surface area contributed by atoms with E-state index in [1.54, 1.807) is 29.6 Å². The first-order valence-electron chi connectivity index (χ1n) is 6.28. The molecule has 0 aliphatic rings. The van der Waals surface area contributed by atoms with Gasteiger partial charge in [-0.15, -0.1) is 0 Å². The van der Waals surface area contributed by atoms with Crippen LogP contribution in [0.4, 0.5) is 10.7 Å².